The van der Waals surface area contributed by atoms with Gasteiger partial charge in [0.1, 0.15) is 5.75 Å². The molecule has 0 amide bonds. The van der Waals surface area contributed by atoms with Crippen LogP contribution in [0.4, 0.5) is 0 Å². The number of ether oxygens (including phenoxy) is 1. The molecule has 0 aromatic heterocycles. The van der Waals surface area contributed by atoms with Crippen molar-refractivity contribution < 1.29 is 4.74 Å². The van der Waals surface area contributed by atoms with Gasteiger partial charge in [-0.1, -0.05) is 25.1 Å². The molecule has 0 radical (unpaired) electrons. The van der Waals surface area contributed by atoms with Crippen LogP contribution in [0.15, 0.2) is 35.3 Å². The lowest BCUT2D eigenvalue weighted by Gasteiger charge is -2.09. The maximum absolute atomic E-state index is 5.57. The summed E-state index contributed by atoms with van der Waals surface area (Å²) >= 11 is 0. The first-order valence-electron chi connectivity index (χ1n) is 6.29. The van der Waals surface area contributed by atoms with Crippen molar-refractivity contribution in [2.45, 2.75) is 19.8 Å². The Kier molecular flexibility index (Phi) is 7.39. The molecule has 0 bridgehead atoms. The van der Waals surface area contributed by atoms with E-state index in [1.54, 1.807) is 0 Å². The SMILES string of the molecule is CCCN=C(NN)NCCCOc1ccccc1. The van der Waals surface area contributed by atoms with Crippen molar-refractivity contribution in [1.82, 2.24) is 10.7 Å². The molecule has 0 unspecified atom stereocenters. The van der Waals surface area contributed by atoms with Crippen molar-refractivity contribution in [3.63, 3.8) is 0 Å². The fraction of sp³-hybridized carbons (Fsp3) is 0.462. The molecule has 18 heavy (non-hydrogen) atoms. The van der Waals surface area contributed by atoms with E-state index in [-0.39, 0.29) is 0 Å². The van der Waals surface area contributed by atoms with Crippen molar-refractivity contribution in [1.29, 1.82) is 0 Å². The highest BCUT2D eigenvalue weighted by molar-refractivity contribution is 5.79. The molecular weight excluding hydrogens is 228 g/mol. The minimum atomic E-state index is 0.636. The lowest BCUT2D eigenvalue weighted by Crippen LogP contribution is -2.42. The highest BCUT2D eigenvalue weighted by Crippen LogP contribution is 2.07. The second-order valence-electron chi connectivity index (χ2n) is 3.82. The van der Waals surface area contributed by atoms with E-state index in [1.165, 1.54) is 0 Å². The van der Waals surface area contributed by atoms with Crippen molar-refractivity contribution in [2.24, 2.45) is 10.8 Å². The highest BCUT2D eigenvalue weighted by atomic mass is 16.5. The van der Waals surface area contributed by atoms with E-state index < -0.39 is 0 Å². The van der Waals surface area contributed by atoms with Crippen LogP contribution in [-0.4, -0.2) is 25.7 Å². The summed E-state index contributed by atoms with van der Waals surface area (Å²) in [6, 6.07) is 9.78. The van der Waals surface area contributed by atoms with Gasteiger partial charge in [-0.05, 0) is 25.0 Å². The fourth-order valence-corrected chi connectivity index (χ4v) is 1.36. The van der Waals surface area contributed by atoms with E-state index in [4.69, 9.17) is 10.6 Å². The van der Waals surface area contributed by atoms with Crippen LogP contribution in [0, 0.1) is 0 Å². The smallest absolute Gasteiger partial charge is 0.205 e. The molecule has 5 nitrogen and oxygen atoms in total. The van der Waals surface area contributed by atoms with Crippen LogP contribution in [0.25, 0.3) is 0 Å². The molecule has 5 heteroatoms. The van der Waals surface area contributed by atoms with Crippen LogP contribution in [0.1, 0.15) is 19.8 Å². The maximum atomic E-state index is 5.57. The van der Waals surface area contributed by atoms with Gasteiger partial charge in [0, 0.05) is 13.1 Å². The van der Waals surface area contributed by atoms with Gasteiger partial charge in [-0.3, -0.25) is 10.4 Å². The van der Waals surface area contributed by atoms with Gasteiger partial charge < -0.3 is 10.1 Å². The predicted octanol–water partition coefficient (Wildman–Crippen LogP) is 1.27. The molecule has 1 aromatic carbocycles. The van der Waals surface area contributed by atoms with Crippen LogP contribution in [-0.2, 0) is 0 Å². The Morgan fingerprint density at radius 3 is 2.78 bits per heavy atom. The minimum Gasteiger partial charge on any atom is -0.494 e. The normalized spacial score (nSPS) is 11.1. The first-order valence-corrected chi connectivity index (χ1v) is 6.29. The molecule has 1 rings (SSSR count). The van der Waals surface area contributed by atoms with Crippen molar-refractivity contribution in [3.05, 3.63) is 30.3 Å². The summed E-state index contributed by atoms with van der Waals surface area (Å²) < 4.78 is 5.57. The fourth-order valence-electron chi connectivity index (χ4n) is 1.36. The lowest BCUT2D eigenvalue weighted by atomic mass is 10.3. The van der Waals surface area contributed by atoms with E-state index in [1.807, 2.05) is 30.3 Å². The quantitative estimate of drug-likeness (QED) is 0.224. The van der Waals surface area contributed by atoms with Gasteiger partial charge >= 0.3 is 0 Å². The number of guanidine groups is 1. The van der Waals surface area contributed by atoms with Gasteiger partial charge in [0.05, 0.1) is 6.61 Å². The summed E-state index contributed by atoms with van der Waals surface area (Å²) in [4.78, 5) is 4.25. The van der Waals surface area contributed by atoms with E-state index in [9.17, 15) is 0 Å². The van der Waals surface area contributed by atoms with Gasteiger partial charge in [-0.25, -0.2) is 5.84 Å². The molecule has 0 aliphatic carbocycles. The zero-order valence-electron chi connectivity index (χ0n) is 10.9. The molecule has 4 N–H and O–H groups in total. The summed E-state index contributed by atoms with van der Waals surface area (Å²) in [7, 11) is 0. The molecule has 1 aromatic rings. The topological polar surface area (TPSA) is 71.7 Å². The Morgan fingerprint density at radius 1 is 1.33 bits per heavy atom. The molecule has 100 valence electrons. The maximum Gasteiger partial charge on any atom is 0.205 e. The third-order valence-corrected chi connectivity index (χ3v) is 2.26. The molecule has 0 aliphatic rings. The standard InChI is InChI=1S/C13H22N4O/c1-2-9-15-13(17-14)16-10-6-11-18-12-7-4-3-5-8-12/h3-5,7-8H,2,6,9-11,14H2,1H3,(H2,15,16,17). The van der Waals surface area contributed by atoms with Crippen LogP contribution in [0.3, 0.4) is 0 Å². The molecule has 0 heterocycles. The molecule has 0 atom stereocenters. The van der Waals surface area contributed by atoms with E-state index in [0.717, 1.165) is 31.7 Å². The number of para-hydroxylation sites is 1. The molecule has 0 saturated heterocycles. The van der Waals surface area contributed by atoms with Crippen molar-refractivity contribution in [3.8, 4) is 5.75 Å². The number of hydrogen-bond acceptors (Lipinski definition) is 3. The largest absolute Gasteiger partial charge is 0.494 e. The number of benzene rings is 1. The number of hydrazine groups is 1. The van der Waals surface area contributed by atoms with Gasteiger partial charge in [-0.15, -0.1) is 0 Å². The Balaban J connectivity index is 2.11. The summed E-state index contributed by atoms with van der Waals surface area (Å²) in [5.41, 5.74) is 2.54. The number of aliphatic imine (C=N–C) groups is 1. The first kappa shape index (κ1) is 14.3. The second-order valence-corrected chi connectivity index (χ2v) is 3.82. The Morgan fingerprint density at radius 2 is 2.11 bits per heavy atom. The van der Waals surface area contributed by atoms with Crippen molar-refractivity contribution >= 4 is 5.96 Å². The Labute approximate surface area is 108 Å². The van der Waals surface area contributed by atoms with E-state index in [0.29, 0.717) is 12.6 Å². The van der Waals surface area contributed by atoms with Gasteiger partial charge in [0.15, 0.2) is 0 Å². The van der Waals surface area contributed by atoms with E-state index in [2.05, 4.69) is 22.7 Å². The van der Waals surface area contributed by atoms with Crippen LogP contribution < -0.4 is 21.3 Å². The summed E-state index contributed by atoms with van der Waals surface area (Å²) in [6.07, 6.45) is 1.89. The minimum absolute atomic E-state index is 0.636. The zero-order chi connectivity index (χ0) is 13.1. The molecule has 0 saturated carbocycles. The Hall–Kier alpha value is -1.75. The Bertz CT molecular complexity index is 340. The average molecular weight is 250 g/mol. The van der Waals surface area contributed by atoms with Gasteiger partial charge in [0.25, 0.3) is 0 Å². The van der Waals surface area contributed by atoms with E-state index >= 15 is 0 Å². The third kappa shape index (κ3) is 6.10. The molecule has 0 spiro atoms. The zero-order valence-corrected chi connectivity index (χ0v) is 10.9. The highest BCUT2D eigenvalue weighted by Gasteiger charge is 1.95. The molecule has 0 aliphatic heterocycles. The lowest BCUT2D eigenvalue weighted by molar-refractivity contribution is 0.311. The number of rotatable bonds is 7. The number of nitrogens with zero attached hydrogens (tertiary/aromatic N) is 1. The molecule has 0 fully saturated rings. The van der Waals surface area contributed by atoms with Crippen LogP contribution >= 0.6 is 0 Å². The van der Waals surface area contributed by atoms with Crippen LogP contribution in [0.2, 0.25) is 0 Å². The molecular formula is C13H22N4O. The second kappa shape index (κ2) is 9.30. The number of hydrogen-bond donors (Lipinski definition) is 3. The number of nitrogens with one attached hydrogen (secondary N) is 2. The van der Waals surface area contributed by atoms with Crippen LogP contribution in [0.5, 0.6) is 5.75 Å². The first-order chi connectivity index (χ1) is 8.86. The number of nitrogens with two attached hydrogens (primary N) is 1. The monoisotopic (exact) mass is 250 g/mol. The predicted molar refractivity (Wildman–Crippen MR) is 74.5 cm³/mol. The third-order valence-electron chi connectivity index (χ3n) is 2.26. The van der Waals surface area contributed by atoms with Gasteiger partial charge in [0.2, 0.25) is 5.96 Å². The van der Waals surface area contributed by atoms with Gasteiger partial charge in [-0.2, -0.15) is 0 Å². The van der Waals surface area contributed by atoms with Crippen molar-refractivity contribution in [2.75, 3.05) is 19.7 Å². The summed E-state index contributed by atoms with van der Waals surface area (Å²) in [6.45, 7) is 4.29. The summed E-state index contributed by atoms with van der Waals surface area (Å²) in [5, 5.41) is 3.12. The average Bonchev–Trinajstić information content (AvgIpc) is 2.43. The summed E-state index contributed by atoms with van der Waals surface area (Å²) in [5.74, 6) is 6.88.